The molecule has 4 rings (SSSR count). The number of hydrogen-bond acceptors (Lipinski definition) is 7. The van der Waals surface area contributed by atoms with Crippen molar-refractivity contribution in [2.45, 2.75) is 102 Å². The maximum atomic E-state index is 13.4. The predicted molar refractivity (Wildman–Crippen MR) is 144 cm³/mol. The van der Waals surface area contributed by atoms with E-state index in [2.05, 4.69) is 36.7 Å². The first-order valence-corrected chi connectivity index (χ1v) is 14.5. The van der Waals surface area contributed by atoms with Gasteiger partial charge in [-0.15, -0.1) is 0 Å². The molecule has 0 aromatic heterocycles. The first-order valence-electron chi connectivity index (χ1n) is 14.5. The molecule has 2 saturated carbocycles. The van der Waals surface area contributed by atoms with Gasteiger partial charge in [0.05, 0.1) is 26.4 Å². The molecule has 0 aromatic rings. The Bertz CT molecular complexity index is 788. The minimum absolute atomic E-state index is 0.0628. The number of nitrogens with two attached hydrogens (primary N) is 1. The van der Waals surface area contributed by atoms with Gasteiger partial charge < -0.3 is 14.5 Å². The summed E-state index contributed by atoms with van der Waals surface area (Å²) in [4.78, 5) is 31.1. The topological polar surface area (TPSA) is 103 Å². The first kappa shape index (κ1) is 28.7. The van der Waals surface area contributed by atoms with Crippen molar-refractivity contribution in [3.05, 3.63) is 0 Å². The Morgan fingerprint density at radius 1 is 0.892 bits per heavy atom. The van der Waals surface area contributed by atoms with Crippen molar-refractivity contribution in [1.82, 2.24) is 25.3 Å². The highest BCUT2D eigenvalue weighted by Gasteiger charge is 2.47. The fraction of sp³-hybridized carbons (Fsp3) is 0.926. The van der Waals surface area contributed by atoms with E-state index in [1.54, 1.807) is 6.92 Å². The molecule has 7 unspecified atom stereocenters. The molecule has 10 nitrogen and oxygen atoms in total. The molecular weight excluding hydrogens is 470 g/mol. The molecule has 4 N–H and O–H groups in total. The van der Waals surface area contributed by atoms with Crippen LogP contribution >= 0.6 is 0 Å². The molecule has 0 radical (unpaired) electrons. The second-order valence-corrected chi connectivity index (χ2v) is 12.4. The lowest BCUT2D eigenvalue weighted by molar-refractivity contribution is -0.960. The van der Waals surface area contributed by atoms with Crippen molar-refractivity contribution < 1.29 is 18.8 Å². The van der Waals surface area contributed by atoms with Crippen LogP contribution in [0.1, 0.15) is 64.7 Å². The molecular formula is C27H52N7O3+. The van der Waals surface area contributed by atoms with Crippen LogP contribution in [0.3, 0.4) is 0 Å². The Kier molecular flexibility index (Phi) is 9.51. The van der Waals surface area contributed by atoms with Gasteiger partial charge in [0.1, 0.15) is 6.17 Å². The van der Waals surface area contributed by atoms with Crippen LogP contribution in [0.5, 0.6) is 0 Å². The van der Waals surface area contributed by atoms with Crippen LogP contribution in [0, 0.1) is 5.92 Å². The van der Waals surface area contributed by atoms with E-state index in [-0.39, 0.29) is 36.4 Å². The molecule has 0 bridgehead atoms. The Hall–Kier alpha value is -1.30. The van der Waals surface area contributed by atoms with Gasteiger partial charge in [-0.25, -0.2) is 4.90 Å². The van der Waals surface area contributed by atoms with Crippen molar-refractivity contribution >= 4 is 11.8 Å². The van der Waals surface area contributed by atoms with E-state index in [0.29, 0.717) is 48.8 Å². The largest absolute Gasteiger partial charge is 0.381 e. The van der Waals surface area contributed by atoms with Gasteiger partial charge in [-0.1, -0.05) is 6.42 Å². The summed E-state index contributed by atoms with van der Waals surface area (Å²) < 4.78 is 6.34. The van der Waals surface area contributed by atoms with E-state index in [4.69, 9.17) is 10.5 Å². The number of methoxy groups -OCH3 is 1. The zero-order valence-corrected chi connectivity index (χ0v) is 23.8. The molecule has 2 saturated heterocycles. The van der Waals surface area contributed by atoms with Crippen LogP contribution in [0.15, 0.2) is 0 Å². The van der Waals surface area contributed by atoms with Crippen LogP contribution in [0.2, 0.25) is 0 Å². The van der Waals surface area contributed by atoms with Crippen molar-refractivity contribution in [2.24, 2.45) is 11.7 Å². The molecule has 212 valence electrons. The Morgan fingerprint density at radius 2 is 1.51 bits per heavy atom. The molecule has 37 heavy (non-hydrogen) atoms. The number of carbonyl (C=O) groups is 2. The first-order chi connectivity index (χ1) is 17.6. The lowest BCUT2D eigenvalue weighted by Gasteiger charge is -2.54. The third-order valence-electron chi connectivity index (χ3n) is 9.72. The fourth-order valence-electron chi connectivity index (χ4n) is 7.05. The predicted octanol–water partition coefficient (Wildman–Crippen LogP) is 0.679. The van der Waals surface area contributed by atoms with Crippen LogP contribution < -0.4 is 16.4 Å². The van der Waals surface area contributed by atoms with E-state index in [9.17, 15) is 9.59 Å². The van der Waals surface area contributed by atoms with E-state index < -0.39 is 0 Å². The zero-order chi connectivity index (χ0) is 26.7. The number of amides is 2. The van der Waals surface area contributed by atoms with Crippen molar-refractivity contribution in [2.75, 3.05) is 54.4 Å². The van der Waals surface area contributed by atoms with Gasteiger partial charge in [0.2, 0.25) is 18.1 Å². The van der Waals surface area contributed by atoms with Gasteiger partial charge in [-0.05, 0) is 52.0 Å². The lowest BCUT2D eigenvalue weighted by Crippen LogP contribution is -2.77. The summed E-state index contributed by atoms with van der Waals surface area (Å²) >= 11 is 0. The summed E-state index contributed by atoms with van der Waals surface area (Å²) in [6, 6.07) is 0.764. The SMILES string of the molecule is COC1CCCC(NC2CC(NC3CCCC(C(=O)N4CCN(C(C)=O)CC4)C3)[N+](C)(C)C(N)N2C)C1. The van der Waals surface area contributed by atoms with Gasteiger partial charge >= 0.3 is 0 Å². The number of quaternary nitrogens is 1. The van der Waals surface area contributed by atoms with Crippen LogP contribution in [-0.2, 0) is 14.3 Å². The Balaban J connectivity index is 1.35. The van der Waals surface area contributed by atoms with E-state index in [1.165, 1.54) is 12.8 Å². The summed E-state index contributed by atoms with van der Waals surface area (Å²) in [6.45, 7) is 4.21. The number of rotatable bonds is 6. The number of nitrogens with zero attached hydrogens (tertiary/aromatic N) is 4. The zero-order valence-electron chi connectivity index (χ0n) is 23.8. The molecule has 2 heterocycles. The minimum Gasteiger partial charge on any atom is -0.381 e. The van der Waals surface area contributed by atoms with Crippen molar-refractivity contribution in [3.63, 3.8) is 0 Å². The van der Waals surface area contributed by atoms with Gasteiger partial charge in [-0.2, -0.15) is 0 Å². The molecule has 0 spiro atoms. The standard InChI is InChI=1S/C27H52N7O3/c1-19(35)32-12-14-33(15-13-32)26(36)20-8-6-9-21(16-20)30-25-18-24(31(2)27(28)34(25,3)4)29-22-10-7-11-23(17-22)37-5/h20-25,27,29-30H,6-18,28H2,1-5H3/q+1. The molecule has 2 amide bonds. The summed E-state index contributed by atoms with van der Waals surface area (Å²) in [7, 11) is 8.40. The average Bonchev–Trinajstić information content (AvgIpc) is 2.90. The van der Waals surface area contributed by atoms with Crippen molar-refractivity contribution in [1.29, 1.82) is 0 Å². The van der Waals surface area contributed by atoms with E-state index >= 15 is 0 Å². The third-order valence-corrected chi connectivity index (χ3v) is 9.72. The molecule has 0 aromatic carbocycles. The quantitative estimate of drug-likeness (QED) is 0.441. The van der Waals surface area contributed by atoms with Gasteiger partial charge in [0, 0.05) is 64.6 Å². The van der Waals surface area contributed by atoms with Crippen LogP contribution in [0.25, 0.3) is 0 Å². The summed E-state index contributed by atoms with van der Waals surface area (Å²) in [5, 5.41) is 7.89. The molecule has 2 aliphatic heterocycles. The molecule has 10 heteroatoms. The summed E-state index contributed by atoms with van der Waals surface area (Å²) in [6.07, 6.45) is 10.2. The summed E-state index contributed by atoms with van der Waals surface area (Å²) in [5.41, 5.74) is 6.81. The Morgan fingerprint density at radius 3 is 2.16 bits per heavy atom. The number of nitrogens with one attached hydrogen (secondary N) is 2. The lowest BCUT2D eigenvalue weighted by atomic mass is 9.84. The third kappa shape index (κ3) is 6.65. The van der Waals surface area contributed by atoms with Crippen LogP contribution in [0.4, 0.5) is 0 Å². The summed E-state index contributed by atoms with van der Waals surface area (Å²) in [5.74, 6) is 0.432. The highest BCUT2D eigenvalue weighted by atomic mass is 16.5. The molecule has 7 atom stereocenters. The second-order valence-electron chi connectivity index (χ2n) is 12.4. The highest BCUT2D eigenvalue weighted by molar-refractivity contribution is 5.79. The van der Waals surface area contributed by atoms with Gasteiger partial charge in [-0.3, -0.25) is 30.4 Å². The fourth-order valence-corrected chi connectivity index (χ4v) is 7.05. The smallest absolute Gasteiger partial charge is 0.225 e. The minimum atomic E-state index is -0.121. The average molecular weight is 523 g/mol. The maximum Gasteiger partial charge on any atom is 0.225 e. The van der Waals surface area contributed by atoms with Crippen LogP contribution in [-0.4, -0.2) is 122 Å². The number of piperazine rings is 1. The van der Waals surface area contributed by atoms with Gasteiger partial charge in [0.15, 0.2) is 0 Å². The number of ether oxygens (including phenoxy) is 1. The van der Waals surface area contributed by atoms with Crippen molar-refractivity contribution in [3.8, 4) is 0 Å². The maximum absolute atomic E-state index is 13.4. The second kappa shape index (κ2) is 12.3. The molecule has 4 fully saturated rings. The highest BCUT2D eigenvalue weighted by Crippen LogP contribution is 2.31. The van der Waals surface area contributed by atoms with E-state index in [1.807, 2.05) is 16.9 Å². The number of carbonyl (C=O) groups excluding carboxylic acids is 2. The monoisotopic (exact) mass is 522 g/mol. The van der Waals surface area contributed by atoms with E-state index in [0.717, 1.165) is 44.9 Å². The normalized spacial score (nSPS) is 37.4. The molecule has 4 aliphatic rings. The molecule has 2 aliphatic carbocycles. The number of hydrogen-bond donors (Lipinski definition) is 3. The Labute approximate surface area is 223 Å². The van der Waals surface area contributed by atoms with Gasteiger partial charge in [0.25, 0.3) is 0 Å².